The van der Waals surface area contributed by atoms with Crippen molar-refractivity contribution in [3.63, 3.8) is 0 Å². The van der Waals surface area contributed by atoms with Crippen LogP contribution in [0.15, 0.2) is 33.9 Å². The van der Waals surface area contributed by atoms with Gasteiger partial charge in [-0.3, -0.25) is 9.59 Å². The zero-order valence-corrected chi connectivity index (χ0v) is 9.94. The van der Waals surface area contributed by atoms with E-state index >= 15 is 0 Å². The van der Waals surface area contributed by atoms with Crippen LogP contribution in [0.3, 0.4) is 0 Å². The molecule has 2 rings (SSSR count). The van der Waals surface area contributed by atoms with E-state index in [9.17, 15) is 14.4 Å². The van der Waals surface area contributed by atoms with Crippen LogP contribution in [0.2, 0.25) is 0 Å². The molecule has 0 aliphatic carbocycles. The number of aryl methyl sites for hydroxylation is 1. The highest BCUT2D eigenvalue weighted by atomic mass is 16.4. The van der Waals surface area contributed by atoms with E-state index in [1.54, 1.807) is 18.2 Å². The molecule has 100 valence electrons. The van der Waals surface area contributed by atoms with Gasteiger partial charge in [0.1, 0.15) is 0 Å². The van der Waals surface area contributed by atoms with E-state index in [2.05, 4.69) is 0 Å². The molecule has 0 saturated carbocycles. The summed E-state index contributed by atoms with van der Waals surface area (Å²) in [5.74, 6) is 0. The summed E-state index contributed by atoms with van der Waals surface area (Å²) in [6, 6.07) is 6.25. The van der Waals surface area contributed by atoms with Crippen molar-refractivity contribution >= 4 is 17.1 Å². The summed E-state index contributed by atoms with van der Waals surface area (Å²) >= 11 is 0. The molecule has 0 saturated heterocycles. The smallest absolute Gasteiger partial charge is 0.419 e. The Labute approximate surface area is 107 Å². The highest BCUT2D eigenvalue weighted by molar-refractivity contribution is 5.84. The first-order valence-corrected chi connectivity index (χ1v) is 5.66. The predicted octanol–water partition coefficient (Wildman–Crippen LogP) is 0.0717. The number of aliphatic hydroxyl groups excluding tert-OH is 1. The summed E-state index contributed by atoms with van der Waals surface area (Å²) in [6.45, 7) is 0.0360. The lowest BCUT2D eigenvalue weighted by Gasteiger charge is -2.11. The summed E-state index contributed by atoms with van der Waals surface area (Å²) in [5, 5.41) is 17.8. The third-order valence-corrected chi connectivity index (χ3v) is 2.78. The Morgan fingerprint density at radius 3 is 2.32 bits per heavy atom. The molecule has 1 aromatic heterocycles. The van der Waals surface area contributed by atoms with E-state index in [4.69, 9.17) is 10.2 Å². The van der Waals surface area contributed by atoms with Crippen LogP contribution in [0.25, 0.3) is 11.0 Å². The molecule has 7 heteroatoms. The monoisotopic (exact) mass is 264 g/mol. The summed E-state index contributed by atoms with van der Waals surface area (Å²) in [4.78, 5) is 34.8. The van der Waals surface area contributed by atoms with Crippen molar-refractivity contribution in [2.24, 2.45) is 0 Å². The Morgan fingerprint density at radius 1 is 1.11 bits per heavy atom. The number of carboxylic acid groups (broad SMARTS) is 1. The maximum atomic E-state index is 11.9. The topological polar surface area (TPSA) is 102 Å². The van der Waals surface area contributed by atoms with E-state index in [0.717, 1.165) is 0 Å². The van der Waals surface area contributed by atoms with Crippen molar-refractivity contribution in [2.75, 3.05) is 6.61 Å². The zero-order valence-electron chi connectivity index (χ0n) is 9.94. The Kier molecular flexibility index (Phi) is 3.48. The van der Waals surface area contributed by atoms with Crippen molar-refractivity contribution in [3.8, 4) is 0 Å². The van der Waals surface area contributed by atoms with Gasteiger partial charge >= 0.3 is 17.2 Å². The number of fused-ring (bicyclic) bond motifs is 1. The van der Waals surface area contributed by atoms with Crippen molar-refractivity contribution in [3.05, 3.63) is 45.0 Å². The summed E-state index contributed by atoms with van der Waals surface area (Å²) < 4.78 is 1.63. The molecule has 19 heavy (non-hydrogen) atoms. The van der Waals surface area contributed by atoms with E-state index in [0.29, 0.717) is 16.5 Å². The number of aromatic nitrogens is 2. The molecule has 1 aromatic carbocycles. The fourth-order valence-corrected chi connectivity index (χ4v) is 1.95. The maximum Gasteiger partial charge on any atom is 0.419 e. The molecule has 0 spiro atoms. The molecule has 0 unspecified atom stereocenters. The van der Waals surface area contributed by atoms with E-state index in [1.165, 1.54) is 10.6 Å². The number of nitrogens with zero attached hydrogens (tertiary/aromatic N) is 2. The van der Waals surface area contributed by atoms with Gasteiger partial charge in [0.05, 0.1) is 11.0 Å². The second kappa shape index (κ2) is 5.07. The van der Waals surface area contributed by atoms with Gasteiger partial charge in [0, 0.05) is 13.2 Å². The number of para-hydroxylation sites is 2. The summed E-state index contributed by atoms with van der Waals surface area (Å²) in [5.41, 5.74) is -1.51. The SMILES string of the molecule is O=C(O)n1c(=O)c(=O)n(CCCO)c2ccccc21. The van der Waals surface area contributed by atoms with Crippen LogP contribution in [-0.4, -0.2) is 32.0 Å². The van der Waals surface area contributed by atoms with Gasteiger partial charge in [-0.15, -0.1) is 0 Å². The minimum absolute atomic E-state index is 0.122. The number of carbonyl (C=O) groups is 1. The Hall–Kier alpha value is -2.41. The molecule has 0 fully saturated rings. The molecule has 0 atom stereocenters. The van der Waals surface area contributed by atoms with Crippen LogP contribution < -0.4 is 11.1 Å². The van der Waals surface area contributed by atoms with Gasteiger partial charge in [-0.25, -0.2) is 9.36 Å². The maximum absolute atomic E-state index is 11.9. The van der Waals surface area contributed by atoms with Crippen LogP contribution in [-0.2, 0) is 6.54 Å². The van der Waals surface area contributed by atoms with E-state index < -0.39 is 17.2 Å². The number of hydrogen-bond donors (Lipinski definition) is 2. The second-order valence-electron chi connectivity index (χ2n) is 3.95. The van der Waals surface area contributed by atoms with Crippen molar-refractivity contribution < 1.29 is 15.0 Å². The van der Waals surface area contributed by atoms with Crippen molar-refractivity contribution in [1.29, 1.82) is 0 Å². The number of hydrogen-bond acceptors (Lipinski definition) is 4. The van der Waals surface area contributed by atoms with Crippen LogP contribution in [0.1, 0.15) is 6.42 Å². The van der Waals surface area contributed by atoms with Gasteiger partial charge in [0.25, 0.3) is 0 Å². The van der Waals surface area contributed by atoms with Crippen LogP contribution in [0.5, 0.6) is 0 Å². The van der Waals surface area contributed by atoms with Gasteiger partial charge in [-0.1, -0.05) is 12.1 Å². The molecule has 1 heterocycles. The van der Waals surface area contributed by atoms with Gasteiger partial charge < -0.3 is 14.8 Å². The van der Waals surface area contributed by atoms with Gasteiger partial charge in [0.2, 0.25) is 0 Å². The summed E-state index contributed by atoms with van der Waals surface area (Å²) in [6.07, 6.45) is -1.19. The molecule has 0 aliphatic heterocycles. The number of benzene rings is 1. The predicted molar refractivity (Wildman–Crippen MR) is 67.6 cm³/mol. The lowest BCUT2D eigenvalue weighted by molar-refractivity contribution is 0.196. The fourth-order valence-electron chi connectivity index (χ4n) is 1.95. The molecule has 2 aromatic rings. The first-order chi connectivity index (χ1) is 9.07. The second-order valence-corrected chi connectivity index (χ2v) is 3.95. The Balaban J connectivity index is 2.88. The zero-order chi connectivity index (χ0) is 14.0. The van der Waals surface area contributed by atoms with Gasteiger partial charge in [-0.05, 0) is 18.6 Å². The van der Waals surface area contributed by atoms with Crippen LogP contribution in [0.4, 0.5) is 4.79 Å². The molecule has 0 bridgehead atoms. The third-order valence-electron chi connectivity index (χ3n) is 2.78. The quantitative estimate of drug-likeness (QED) is 0.764. The number of aliphatic hydroxyl groups is 1. The molecule has 2 N–H and O–H groups in total. The lowest BCUT2D eigenvalue weighted by Crippen LogP contribution is -2.43. The molecule has 0 amide bonds. The first-order valence-electron chi connectivity index (χ1n) is 5.66. The lowest BCUT2D eigenvalue weighted by atomic mass is 10.2. The minimum atomic E-state index is -1.49. The highest BCUT2D eigenvalue weighted by Gasteiger charge is 2.16. The molecular formula is C12H12N2O5. The third kappa shape index (κ3) is 2.15. The van der Waals surface area contributed by atoms with E-state index in [-0.39, 0.29) is 18.7 Å². The normalized spacial score (nSPS) is 10.8. The molecular weight excluding hydrogens is 252 g/mol. The average Bonchev–Trinajstić information content (AvgIpc) is 2.39. The van der Waals surface area contributed by atoms with Crippen molar-refractivity contribution in [1.82, 2.24) is 9.13 Å². The summed E-state index contributed by atoms with van der Waals surface area (Å²) in [7, 11) is 0. The highest BCUT2D eigenvalue weighted by Crippen LogP contribution is 2.10. The van der Waals surface area contributed by atoms with Gasteiger partial charge in [0.15, 0.2) is 0 Å². The van der Waals surface area contributed by atoms with Gasteiger partial charge in [-0.2, -0.15) is 0 Å². The van der Waals surface area contributed by atoms with E-state index in [1.807, 2.05) is 0 Å². The fraction of sp³-hybridized carbons (Fsp3) is 0.250. The molecule has 0 aliphatic rings. The van der Waals surface area contributed by atoms with Crippen LogP contribution >= 0.6 is 0 Å². The average molecular weight is 264 g/mol. The molecule has 0 radical (unpaired) electrons. The minimum Gasteiger partial charge on any atom is -0.464 e. The Bertz CT molecular complexity index is 744. The van der Waals surface area contributed by atoms with Crippen LogP contribution in [0, 0.1) is 0 Å². The standard InChI is InChI=1S/C12H12N2O5/c15-7-3-6-13-8-4-1-2-5-9(8)14(12(18)19)11(17)10(13)16/h1-2,4-5,15H,3,6-7H2,(H,18,19). The molecule has 7 nitrogen and oxygen atoms in total. The first kappa shape index (κ1) is 13.0. The Morgan fingerprint density at radius 2 is 1.74 bits per heavy atom. The van der Waals surface area contributed by atoms with Crippen molar-refractivity contribution in [2.45, 2.75) is 13.0 Å². The number of rotatable bonds is 3. The largest absolute Gasteiger partial charge is 0.464 e.